The maximum Gasteiger partial charge on any atom is 0.150 e. The lowest BCUT2D eigenvalue weighted by Crippen LogP contribution is -2.26. The summed E-state index contributed by atoms with van der Waals surface area (Å²) in [5.41, 5.74) is 1.16. The zero-order valence-electron chi connectivity index (χ0n) is 8.04. The summed E-state index contributed by atoms with van der Waals surface area (Å²) in [5, 5.41) is 6.19. The van der Waals surface area contributed by atoms with Gasteiger partial charge in [-0.2, -0.15) is 0 Å². The molecule has 0 aromatic rings. The molecule has 0 amide bonds. The minimum atomic E-state index is 0.129. The Morgan fingerprint density at radius 1 is 1.54 bits per heavy atom. The molecule has 2 atom stereocenters. The van der Waals surface area contributed by atoms with Crippen molar-refractivity contribution in [3.63, 3.8) is 0 Å². The molecule has 1 heterocycles. The molecular weight excluding hydrogens is 168 g/mol. The molecule has 0 aromatic heterocycles. The van der Waals surface area contributed by atoms with Gasteiger partial charge in [0.2, 0.25) is 0 Å². The van der Waals surface area contributed by atoms with Crippen molar-refractivity contribution in [2.45, 2.75) is 25.8 Å². The molecule has 1 unspecified atom stereocenters. The molecular formula is C9H16N2O2. The average Bonchev–Trinajstić information content (AvgIpc) is 2.90. The lowest BCUT2D eigenvalue weighted by atomic mass is 10.2. The Labute approximate surface area is 78.3 Å². The summed E-state index contributed by atoms with van der Waals surface area (Å²) in [6.07, 6.45) is 3.59. The molecule has 0 radical (unpaired) electrons. The number of likely N-dealkylation sites (N-methyl/N-ethyl adjacent to an activating group) is 1. The number of aldehydes is 1. The average molecular weight is 184 g/mol. The van der Waals surface area contributed by atoms with Crippen LogP contribution in [0.5, 0.6) is 0 Å². The van der Waals surface area contributed by atoms with E-state index in [4.69, 9.17) is 4.74 Å². The second-order valence-corrected chi connectivity index (χ2v) is 3.10. The number of epoxide rings is 1. The van der Waals surface area contributed by atoms with Gasteiger partial charge in [0.1, 0.15) is 12.5 Å². The summed E-state index contributed by atoms with van der Waals surface area (Å²) < 4.78 is 5.20. The van der Waals surface area contributed by atoms with Gasteiger partial charge in [-0.1, -0.05) is 11.6 Å². The van der Waals surface area contributed by atoms with Crippen LogP contribution in [0.15, 0.2) is 11.6 Å². The highest BCUT2D eigenvalue weighted by atomic mass is 16.6. The number of allylic oxidation sites excluding steroid dienone is 1. The fraction of sp³-hybridized carbons (Fsp3) is 0.667. The smallest absolute Gasteiger partial charge is 0.150 e. The number of rotatable bonds is 6. The first-order valence-electron chi connectivity index (χ1n) is 4.43. The van der Waals surface area contributed by atoms with E-state index in [0.717, 1.165) is 18.4 Å². The molecule has 0 spiro atoms. The maximum absolute atomic E-state index is 10.1. The summed E-state index contributed by atoms with van der Waals surface area (Å²) in [6.45, 7) is 2.77. The zero-order valence-corrected chi connectivity index (χ0v) is 8.04. The van der Waals surface area contributed by atoms with Crippen molar-refractivity contribution < 1.29 is 9.53 Å². The molecule has 1 aliphatic heterocycles. The predicted octanol–water partition coefficient (Wildman–Crippen LogP) is 0.0131. The second-order valence-electron chi connectivity index (χ2n) is 3.10. The Balaban J connectivity index is 2.09. The Hall–Kier alpha value is -0.710. The Bertz CT molecular complexity index is 204. The van der Waals surface area contributed by atoms with Crippen molar-refractivity contribution in [2.75, 3.05) is 13.6 Å². The third-order valence-electron chi connectivity index (χ3n) is 1.92. The maximum atomic E-state index is 10.1. The van der Waals surface area contributed by atoms with Crippen molar-refractivity contribution in [2.24, 2.45) is 0 Å². The Kier molecular flexibility index (Phi) is 4.08. The van der Waals surface area contributed by atoms with Crippen LogP contribution in [0.1, 0.15) is 13.3 Å². The van der Waals surface area contributed by atoms with E-state index in [1.807, 2.05) is 20.0 Å². The van der Waals surface area contributed by atoms with E-state index in [9.17, 15) is 4.79 Å². The van der Waals surface area contributed by atoms with E-state index in [-0.39, 0.29) is 12.5 Å². The highest BCUT2D eigenvalue weighted by Crippen LogP contribution is 2.14. The van der Waals surface area contributed by atoms with Crippen LogP contribution < -0.4 is 10.6 Å². The van der Waals surface area contributed by atoms with Gasteiger partial charge in [0.25, 0.3) is 0 Å². The molecule has 0 aliphatic carbocycles. The first kappa shape index (κ1) is 10.4. The van der Waals surface area contributed by atoms with Gasteiger partial charge >= 0.3 is 0 Å². The van der Waals surface area contributed by atoms with Gasteiger partial charge in [0.05, 0.1) is 0 Å². The van der Waals surface area contributed by atoms with Crippen LogP contribution in [-0.2, 0) is 9.53 Å². The predicted molar refractivity (Wildman–Crippen MR) is 50.2 cm³/mol. The van der Waals surface area contributed by atoms with Crippen LogP contribution >= 0.6 is 0 Å². The molecule has 2 N–H and O–H groups in total. The van der Waals surface area contributed by atoms with E-state index in [1.165, 1.54) is 0 Å². The van der Waals surface area contributed by atoms with Crippen molar-refractivity contribution in [1.29, 1.82) is 0 Å². The minimum absolute atomic E-state index is 0.129. The van der Waals surface area contributed by atoms with Crippen molar-refractivity contribution in [3.8, 4) is 0 Å². The van der Waals surface area contributed by atoms with E-state index >= 15 is 0 Å². The van der Waals surface area contributed by atoms with Gasteiger partial charge in [0, 0.05) is 13.0 Å². The number of carbonyl (C=O) groups is 1. The van der Waals surface area contributed by atoms with Crippen molar-refractivity contribution in [3.05, 3.63) is 11.6 Å². The van der Waals surface area contributed by atoms with E-state index in [1.54, 1.807) is 0 Å². The number of hydrogen-bond acceptors (Lipinski definition) is 4. The van der Waals surface area contributed by atoms with Gasteiger partial charge < -0.3 is 9.53 Å². The van der Waals surface area contributed by atoms with E-state index in [2.05, 4.69) is 10.6 Å². The summed E-state index contributed by atoms with van der Waals surface area (Å²) >= 11 is 0. The lowest BCUT2D eigenvalue weighted by molar-refractivity contribution is -0.107. The van der Waals surface area contributed by atoms with E-state index < -0.39 is 0 Å². The first-order chi connectivity index (χ1) is 6.27. The summed E-state index contributed by atoms with van der Waals surface area (Å²) in [7, 11) is 1.86. The summed E-state index contributed by atoms with van der Waals surface area (Å²) in [5.74, 6) is 0. The monoisotopic (exact) mass is 184 g/mol. The van der Waals surface area contributed by atoms with Gasteiger partial charge in [-0.15, -0.1) is 0 Å². The van der Waals surface area contributed by atoms with Gasteiger partial charge in [0.15, 0.2) is 6.23 Å². The number of nitrogens with one attached hydrogen (secondary N) is 2. The molecule has 0 saturated carbocycles. The van der Waals surface area contributed by atoms with Crippen LogP contribution in [-0.4, -0.2) is 32.3 Å². The number of hydrogen-bond donors (Lipinski definition) is 2. The first-order valence-corrected chi connectivity index (χ1v) is 4.43. The standard InChI is InChI=1S/C9H16N2O2/c1-7(4-3-5-12)6-11-9-8(10-2)13-9/h4-5,8-11H,3,6H2,1-2H3/b7-4+/t8?,9-/m1/s1. The van der Waals surface area contributed by atoms with Gasteiger partial charge in [-0.25, -0.2) is 0 Å². The SMILES string of the molecule is CNC1O[C@H]1NC/C(C)=C/CC=O. The summed E-state index contributed by atoms with van der Waals surface area (Å²) in [6, 6.07) is 0. The molecule has 1 saturated heterocycles. The fourth-order valence-corrected chi connectivity index (χ4v) is 1.07. The minimum Gasteiger partial charge on any atom is -0.337 e. The van der Waals surface area contributed by atoms with Crippen molar-refractivity contribution >= 4 is 6.29 Å². The van der Waals surface area contributed by atoms with Crippen LogP contribution in [0.25, 0.3) is 0 Å². The molecule has 13 heavy (non-hydrogen) atoms. The molecule has 0 bridgehead atoms. The molecule has 0 aromatic carbocycles. The van der Waals surface area contributed by atoms with Gasteiger partial charge in [-0.3, -0.25) is 10.6 Å². The second kappa shape index (κ2) is 5.11. The summed E-state index contributed by atoms with van der Waals surface area (Å²) in [4.78, 5) is 10.1. The normalized spacial score (nSPS) is 27.4. The zero-order chi connectivity index (χ0) is 9.68. The molecule has 4 nitrogen and oxygen atoms in total. The number of carbonyl (C=O) groups excluding carboxylic acids is 1. The third kappa shape index (κ3) is 3.67. The molecule has 1 aliphatic rings. The van der Waals surface area contributed by atoms with Crippen LogP contribution in [0.2, 0.25) is 0 Å². The van der Waals surface area contributed by atoms with Crippen molar-refractivity contribution in [1.82, 2.24) is 10.6 Å². The largest absolute Gasteiger partial charge is 0.337 e. The van der Waals surface area contributed by atoms with E-state index in [0.29, 0.717) is 6.42 Å². The van der Waals surface area contributed by atoms with Crippen LogP contribution in [0, 0.1) is 0 Å². The van der Waals surface area contributed by atoms with Crippen LogP contribution in [0.4, 0.5) is 0 Å². The molecule has 74 valence electrons. The quantitative estimate of drug-likeness (QED) is 0.347. The molecule has 1 rings (SSSR count). The lowest BCUT2D eigenvalue weighted by Gasteiger charge is -2.00. The third-order valence-corrected chi connectivity index (χ3v) is 1.92. The Morgan fingerprint density at radius 2 is 2.31 bits per heavy atom. The topological polar surface area (TPSA) is 53.7 Å². The highest BCUT2D eigenvalue weighted by Gasteiger charge is 2.36. The van der Waals surface area contributed by atoms with Crippen LogP contribution in [0.3, 0.4) is 0 Å². The van der Waals surface area contributed by atoms with Gasteiger partial charge in [-0.05, 0) is 14.0 Å². The highest BCUT2D eigenvalue weighted by molar-refractivity contribution is 5.52. The molecule has 1 fully saturated rings. The number of ether oxygens (including phenoxy) is 1. The molecule has 4 heteroatoms. The fourth-order valence-electron chi connectivity index (χ4n) is 1.07. The Morgan fingerprint density at radius 3 is 2.85 bits per heavy atom.